The van der Waals surface area contributed by atoms with Crippen molar-refractivity contribution in [2.45, 2.75) is 31.6 Å². The summed E-state index contributed by atoms with van der Waals surface area (Å²) in [7, 11) is -3.84. The summed E-state index contributed by atoms with van der Waals surface area (Å²) in [5.41, 5.74) is 2.85. The van der Waals surface area contributed by atoms with Gasteiger partial charge in [0, 0.05) is 28.5 Å². The Bertz CT molecular complexity index is 1130. The average Bonchev–Trinajstić information content (AvgIpc) is 2.67. The molecule has 0 bridgehead atoms. The van der Waals surface area contributed by atoms with Gasteiger partial charge in [0.1, 0.15) is 0 Å². The molecule has 0 radical (unpaired) electrons. The van der Waals surface area contributed by atoms with Crippen molar-refractivity contribution >= 4 is 39.2 Å². The molecule has 9 heteroatoms. The smallest absolute Gasteiger partial charge is 0.264 e. The van der Waals surface area contributed by atoms with Crippen LogP contribution in [-0.2, 0) is 21.2 Å². The number of nitrogens with one attached hydrogen (secondary N) is 2. The number of hydrogen-bond acceptors (Lipinski definition) is 5. The van der Waals surface area contributed by atoms with Gasteiger partial charge in [-0.1, -0.05) is 23.7 Å². The van der Waals surface area contributed by atoms with Crippen molar-refractivity contribution in [1.29, 1.82) is 0 Å². The Morgan fingerprint density at radius 1 is 0.967 bits per heavy atom. The van der Waals surface area contributed by atoms with E-state index in [4.69, 9.17) is 11.6 Å². The molecule has 1 aromatic heterocycles. The first kappa shape index (κ1) is 21.7. The standard InChI is InChI=1S/C21H21ClN4O3S/c1-14-13-15(2)24-21(23-14)26-30(28,29)19-10-8-18(9-11-19)25-20(27)12-5-16-3-6-17(22)7-4-16/h3-4,6-11,13H,5,12H2,1-2H3,(H,25,27)(H,23,24,26). The second-order valence-electron chi connectivity index (χ2n) is 6.78. The van der Waals surface area contributed by atoms with Crippen molar-refractivity contribution in [3.8, 4) is 0 Å². The number of hydrogen-bond donors (Lipinski definition) is 2. The van der Waals surface area contributed by atoms with Gasteiger partial charge in [-0.05, 0) is 68.3 Å². The number of rotatable bonds is 7. The normalized spacial score (nSPS) is 11.2. The number of carbonyl (C=O) groups is 1. The Hall–Kier alpha value is -2.97. The highest BCUT2D eigenvalue weighted by molar-refractivity contribution is 7.92. The SMILES string of the molecule is Cc1cc(C)nc(NS(=O)(=O)c2ccc(NC(=O)CCc3ccc(Cl)cc3)cc2)n1. The number of anilines is 2. The Kier molecular flexibility index (Phi) is 6.69. The highest BCUT2D eigenvalue weighted by atomic mass is 35.5. The van der Waals surface area contributed by atoms with Crippen molar-refractivity contribution in [3.63, 3.8) is 0 Å². The van der Waals surface area contributed by atoms with Crippen molar-refractivity contribution in [2.75, 3.05) is 10.0 Å². The number of halogens is 1. The van der Waals surface area contributed by atoms with Crippen LogP contribution < -0.4 is 10.0 Å². The highest BCUT2D eigenvalue weighted by Crippen LogP contribution is 2.18. The molecule has 2 N–H and O–H groups in total. The Morgan fingerprint density at radius 3 is 2.17 bits per heavy atom. The van der Waals surface area contributed by atoms with E-state index >= 15 is 0 Å². The van der Waals surface area contributed by atoms with Crippen LogP contribution in [0, 0.1) is 13.8 Å². The van der Waals surface area contributed by atoms with Crippen LogP contribution >= 0.6 is 11.6 Å². The molecule has 2 aromatic carbocycles. The van der Waals surface area contributed by atoms with E-state index in [0.29, 0.717) is 34.9 Å². The van der Waals surface area contributed by atoms with E-state index in [-0.39, 0.29) is 16.8 Å². The second kappa shape index (κ2) is 9.23. The predicted octanol–water partition coefficient (Wildman–Crippen LogP) is 4.12. The zero-order chi connectivity index (χ0) is 21.7. The number of aryl methyl sites for hydroxylation is 3. The van der Waals surface area contributed by atoms with Crippen LogP contribution in [-0.4, -0.2) is 24.3 Å². The average molecular weight is 445 g/mol. The summed E-state index contributed by atoms with van der Waals surface area (Å²) in [4.78, 5) is 20.4. The third-order valence-electron chi connectivity index (χ3n) is 4.21. The lowest BCUT2D eigenvalue weighted by Gasteiger charge is -2.09. The van der Waals surface area contributed by atoms with Gasteiger partial charge < -0.3 is 5.32 Å². The molecule has 0 atom stereocenters. The van der Waals surface area contributed by atoms with Crippen LogP contribution in [0.2, 0.25) is 5.02 Å². The molecular weight excluding hydrogens is 424 g/mol. The molecule has 3 aromatic rings. The maximum atomic E-state index is 12.6. The summed E-state index contributed by atoms with van der Waals surface area (Å²) >= 11 is 5.85. The van der Waals surface area contributed by atoms with Gasteiger partial charge in [-0.15, -0.1) is 0 Å². The minimum absolute atomic E-state index is 0.0204. The molecule has 0 saturated heterocycles. The van der Waals surface area contributed by atoms with Crippen LogP contribution in [0.5, 0.6) is 0 Å². The maximum Gasteiger partial charge on any atom is 0.264 e. The number of benzene rings is 2. The first-order valence-corrected chi connectivity index (χ1v) is 11.1. The molecule has 0 aliphatic carbocycles. The van der Waals surface area contributed by atoms with E-state index in [9.17, 15) is 13.2 Å². The van der Waals surface area contributed by atoms with Gasteiger partial charge >= 0.3 is 0 Å². The number of nitrogens with zero attached hydrogens (tertiary/aromatic N) is 2. The van der Waals surface area contributed by atoms with Crippen LogP contribution in [0.4, 0.5) is 11.6 Å². The zero-order valence-electron chi connectivity index (χ0n) is 16.5. The van der Waals surface area contributed by atoms with E-state index in [1.807, 2.05) is 12.1 Å². The molecular formula is C21H21ClN4O3S. The number of sulfonamides is 1. The number of carbonyl (C=O) groups excluding carboxylic acids is 1. The minimum atomic E-state index is -3.84. The van der Waals surface area contributed by atoms with Gasteiger partial charge in [0.2, 0.25) is 11.9 Å². The number of amides is 1. The predicted molar refractivity (Wildman–Crippen MR) is 117 cm³/mol. The molecule has 156 valence electrons. The van der Waals surface area contributed by atoms with Crippen LogP contribution in [0.3, 0.4) is 0 Å². The van der Waals surface area contributed by atoms with Crippen molar-refractivity contribution in [1.82, 2.24) is 9.97 Å². The largest absolute Gasteiger partial charge is 0.326 e. The van der Waals surface area contributed by atoms with E-state index < -0.39 is 10.0 Å². The molecule has 0 aliphatic rings. The summed E-state index contributed by atoms with van der Waals surface area (Å²) in [5.74, 6) is -0.144. The molecule has 3 rings (SSSR count). The second-order valence-corrected chi connectivity index (χ2v) is 8.90. The molecule has 0 fully saturated rings. The van der Waals surface area contributed by atoms with Gasteiger partial charge in [0.15, 0.2) is 0 Å². The zero-order valence-corrected chi connectivity index (χ0v) is 18.1. The fourth-order valence-corrected chi connectivity index (χ4v) is 3.87. The van der Waals surface area contributed by atoms with E-state index in [0.717, 1.165) is 5.56 Å². The van der Waals surface area contributed by atoms with E-state index in [1.165, 1.54) is 24.3 Å². The Morgan fingerprint density at radius 2 is 1.57 bits per heavy atom. The molecule has 7 nitrogen and oxygen atoms in total. The molecule has 1 heterocycles. The van der Waals surface area contributed by atoms with Crippen molar-refractivity contribution < 1.29 is 13.2 Å². The maximum absolute atomic E-state index is 12.6. The van der Waals surface area contributed by atoms with Gasteiger partial charge in [0.05, 0.1) is 4.90 Å². The van der Waals surface area contributed by atoms with Crippen molar-refractivity contribution in [3.05, 3.63) is 76.6 Å². The molecule has 1 amide bonds. The molecule has 0 unspecified atom stereocenters. The molecule has 30 heavy (non-hydrogen) atoms. The van der Waals surface area contributed by atoms with E-state index in [2.05, 4.69) is 20.0 Å². The first-order valence-electron chi connectivity index (χ1n) is 9.21. The van der Waals surface area contributed by atoms with Gasteiger partial charge in [-0.25, -0.2) is 23.1 Å². The first-order chi connectivity index (χ1) is 14.2. The lowest BCUT2D eigenvalue weighted by molar-refractivity contribution is -0.116. The quantitative estimate of drug-likeness (QED) is 0.570. The summed E-state index contributed by atoms with van der Waals surface area (Å²) in [6, 6.07) is 15.0. The summed E-state index contributed by atoms with van der Waals surface area (Å²) in [6.07, 6.45) is 0.878. The summed E-state index contributed by atoms with van der Waals surface area (Å²) in [5, 5.41) is 3.41. The number of aromatic nitrogens is 2. The molecule has 0 spiro atoms. The minimum Gasteiger partial charge on any atom is -0.326 e. The van der Waals surface area contributed by atoms with E-state index in [1.54, 1.807) is 32.0 Å². The van der Waals surface area contributed by atoms with Crippen molar-refractivity contribution in [2.24, 2.45) is 0 Å². The fourth-order valence-electron chi connectivity index (χ4n) is 2.80. The van der Waals surface area contributed by atoms with Gasteiger partial charge in [-0.2, -0.15) is 0 Å². The van der Waals surface area contributed by atoms with Crippen LogP contribution in [0.15, 0.2) is 59.5 Å². The van der Waals surface area contributed by atoms with Crippen LogP contribution in [0.25, 0.3) is 0 Å². The molecule has 0 saturated carbocycles. The van der Waals surface area contributed by atoms with Gasteiger partial charge in [0.25, 0.3) is 10.0 Å². The monoisotopic (exact) mass is 444 g/mol. The lowest BCUT2D eigenvalue weighted by Crippen LogP contribution is -2.16. The molecule has 0 aliphatic heterocycles. The summed E-state index contributed by atoms with van der Waals surface area (Å²) in [6.45, 7) is 3.52. The third-order valence-corrected chi connectivity index (χ3v) is 5.81. The topological polar surface area (TPSA) is 101 Å². The Balaban J connectivity index is 1.60. The highest BCUT2D eigenvalue weighted by Gasteiger charge is 2.16. The summed E-state index contributed by atoms with van der Waals surface area (Å²) < 4.78 is 27.5. The van der Waals surface area contributed by atoms with Crippen LogP contribution in [0.1, 0.15) is 23.4 Å². The third kappa shape index (κ3) is 6.01. The Labute approximate surface area is 180 Å². The lowest BCUT2D eigenvalue weighted by atomic mass is 10.1. The fraction of sp³-hybridized carbons (Fsp3) is 0.190. The van der Waals surface area contributed by atoms with Gasteiger partial charge in [-0.3, -0.25) is 4.79 Å².